The summed E-state index contributed by atoms with van der Waals surface area (Å²) in [6, 6.07) is 13.1. The van der Waals surface area contributed by atoms with Gasteiger partial charge in [-0.1, -0.05) is 24.3 Å². The zero-order chi connectivity index (χ0) is 23.9. The van der Waals surface area contributed by atoms with Crippen LogP contribution in [0.2, 0.25) is 0 Å². The molecule has 34 heavy (non-hydrogen) atoms. The molecule has 0 unspecified atom stereocenters. The smallest absolute Gasteiger partial charge is 0.396 e. The molecule has 2 aromatic heterocycles. The summed E-state index contributed by atoms with van der Waals surface area (Å²) in [5.74, 6) is -0.0476. The standard InChI is InChI=1S/C24H22N4O6/c1-3-32-23(30)22(29)26-11-15-6-4-5-7-17(15)21-13-27-24(34-21)28-16-8-9-18(19(10-16)31-2)20-12-25-14-33-20/h4-10,12-14H,3,11H2,1-2H3,(H,26,29)(H,27,28). The molecule has 4 rings (SSSR count). The number of anilines is 2. The molecule has 0 bridgehead atoms. The van der Waals surface area contributed by atoms with Crippen LogP contribution >= 0.6 is 0 Å². The molecule has 10 heteroatoms. The van der Waals surface area contributed by atoms with Crippen molar-refractivity contribution in [2.24, 2.45) is 0 Å². The molecule has 2 aromatic carbocycles. The van der Waals surface area contributed by atoms with Gasteiger partial charge in [-0.3, -0.25) is 4.79 Å². The third-order valence-corrected chi connectivity index (χ3v) is 4.84. The highest BCUT2D eigenvalue weighted by molar-refractivity contribution is 6.32. The first-order valence-corrected chi connectivity index (χ1v) is 10.4. The minimum Gasteiger partial charge on any atom is -0.496 e. The second-order valence-electron chi connectivity index (χ2n) is 7.00. The number of rotatable bonds is 8. The number of hydrogen-bond acceptors (Lipinski definition) is 9. The van der Waals surface area contributed by atoms with Crippen molar-refractivity contribution in [1.29, 1.82) is 0 Å². The molecule has 174 valence electrons. The Morgan fingerprint density at radius 1 is 1.06 bits per heavy atom. The van der Waals surface area contributed by atoms with E-state index in [1.165, 1.54) is 6.39 Å². The quantitative estimate of drug-likeness (QED) is 0.296. The molecule has 0 spiro atoms. The number of ether oxygens (including phenoxy) is 2. The van der Waals surface area contributed by atoms with Crippen molar-refractivity contribution in [3.8, 4) is 28.4 Å². The van der Waals surface area contributed by atoms with Gasteiger partial charge in [-0.15, -0.1) is 0 Å². The number of nitrogens with one attached hydrogen (secondary N) is 2. The fourth-order valence-corrected chi connectivity index (χ4v) is 3.26. The maximum Gasteiger partial charge on any atom is 0.396 e. The summed E-state index contributed by atoms with van der Waals surface area (Å²) in [5, 5.41) is 5.66. The van der Waals surface area contributed by atoms with E-state index in [9.17, 15) is 9.59 Å². The summed E-state index contributed by atoms with van der Waals surface area (Å²) in [6.07, 6.45) is 4.54. The highest BCUT2D eigenvalue weighted by Gasteiger charge is 2.17. The van der Waals surface area contributed by atoms with Gasteiger partial charge in [-0.05, 0) is 24.6 Å². The van der Waals surface area contributed by atoms with Crippen molar-refractivity contribution >= 4 is 23.6 Å². The number of hydrogen-bond donors (Lipinski definition) is 2. The van der Waals surface area contributed by atoms with Gasteiger partial charge in [0.05, 0.1) is 31.7 Å². The number of aromatic nitrogens is 2. The van der Waals surface area contributed by atoms with Crippen LogP contribution in [0.3, 0.4) is 0 Å². The summed E-state index contributed by atoms with van der Waals surface area (Å²) in [7, 11) is 1.57. The largest absolute Gasteiger partial charge is 0.496 e. The Balaban J connectivity index is 1.49. The Labute approximate surface area is 194 Å². The van der Waals surface area contributed by atoms with Crippen LogP contribution < -0.4 is 15.4 Å². The molecular formula is C24H22N4O6. The average Bonchev–Trinajstić information content (AvgIpc) is 3.55. The Morgan fingerprint density at radius 3 is 2.68 bits per heavy atom. The Bertz CT molecular complexity index is 1280. The van der Waals surface area contributed by atoms with Crippen LogP contribution in [0.25, 0.3) is 22.6 Å². The predicted octanol–water partition coefficient (Wildman–Crippen LogP) is 3.93. The molecule has 4 aromatic rings. The van der Waals surface area contributed by atoms with Crippen LogP contribution in [0.1, 0.15) is 12.5 Å². The van der Waals surface area contributed by atoms with E-state index in [1.807, 2.05) is 36.4 Å². The predicted molar refractivity (Wildman–Crippen MR) is 122 cm³/mol. The molecule has 1 amide bonds. The second kappa shape index (κ2) is 10.3. The van der Waals surface area contributed by atoms with Crippen molar-refractivity contribution in [3.63, 3.8) is 0 Å². The van der Waals surface area contributed by atoms with E-state index in [0.29, 0.717) is 23.0 Å². The molecule has 0 fully saturated rings. The zero-order valence-corrected chi connectivity index (χ0v) is 18.5. The van der Waals surface area contributed by atoms with Crippen molar-refractivity contribution in [2.45, 2.75) is 13.5 Å². The molecule has 0 aliphatic heterocycles. The van der Waals surface area contributed by atoms with E-state index in [-0.39, 0.29) is 19.2 Å². The van der Waals surface area contributed by atoms with Gasteiger partial charge >= 0.3 is 11.9 Å². The maximum atomic E-state index is 11.9. The van der Waals surface area contributed by atoms with Gasteiger partial charge in [0.15, 0.2) is 17.9 Å². The summed E-state index contributed by atoms with van der Waals surface area (Å²) in [5.41, 5.74) is 2.94. The zero-order valence-electron chi connectivity index (χ0n) is 18.5. The SMILES string of the molecule is CCOC(=O)C(=O)NCc1ccccc1-c1cnc(Nc2ccc(-c3cnco3)c(OC)c2)o1. The summed E-state index contributed by atoms with van der Waals surface area (Å²) in [6.45, 7) is 1.89. The molecule has 0 aliphatic rings. The van der Waals surface area contributed by atoms with E-state index >= 15 is 0 Å². The number of nitrogens with zero attached hydrogens (tertiary/aromatic N) is 2. The summed E-state index contributed by atoms with van der Waals surface area (Å²) in [4.78, 5) is 31.6. The van der Waals surface area contributed by atoms with Gasteiger partial charge in [-0.2, -0.15) is 0 Å². The van der Waals surface area contributed by atoms with Gasteiger partial charge in [0.2, 0.25) is 0 Å². The topological polar surface area (TPSA) is 129 Å². The van der Waals surface area contributed by atoms with Crippen LogP contribution in [0.5, 0.6) is 5.75 Å². The first-order valence-electron chi connectivity index (χ1n) is 10.4. The normalized spacial score (nSPS) is 10.5. The molecule has 0 radical (unpaired) electrons. The lowest BCUT2D eigenvalue weighted by atomic mass is 10.1. The number of carbonyl (C=O) groups excluding carboxylic acids is 2. The highest BCUT2D eigenvalue weighted by Crippen LogP contribution is 2.34. The molecule has 0 saturated heterocycles. The molecule has 0 atom stereocenters. The van der Waals surface area contributed by atoms with E-state index in [1.54, 1.807) is 32.5 Å². The van der Waals surface area contributed by atoms with Gasteiger partial charge in [0.1, 0.15) is 5.75 Å². The van der Waals surface area contributed by atoms with Gasteiger partial charge in [-0.25, -0.2) is 14.8 Å². The number of amides is 1. The fraction of sp³-hybridized carbons (Fsp3) is 0.167. The molecule has 0 aliphatic carbocycles. The third kappa shape index (κ3) is 5.07. The monoisotopic (exact) mass is 462 g/mol. The highest BCUT2D eigenvalue weighted by atomic mass is 16.5. The molecule has 2 heterocycles. The van der Waals surface area contributed by atoms with Crippen LogP contribution in [-0.2, 0) is 20.9 Å². The summed E-state index contributed by atoms with van der Waals surface area (Å²) < 4.78 is 21.4. The van der Waals surface area contributed by atoms with Gasteiger partial charge < -0.3 is 28.9 Å². The average molecular weight is 462 g/mol. The minimum absolute atomic E-state index is 0.123. The number of esters is 1. The lowest BCUT2D eigenvalue weighted by Gasteiger charge is -2.09. The van der Waals surface area contributed by atoms with Crippen molar-refractivity contribution in [1.82, 2.24) is 15.3 Å². The first-order chi connectivity index (χ1) is 16.6. The summed E-state index contributed by atoms with van der Waals surface area (Å²) >= 11 is 0. The van der Waals surface area contributed by atoms with Crippen LogP contribution in [0, 0.1) is 0 Å². The molecule has 0 saturated carbocycles. The third-order valence-electron chi connectivity index (χ3n) is 4.84. The fourth-order valence-electron chi connectivity index (χ4n) is 3.26. The Morgan fingerprint density at radius 2 is 1.91 bits per heavy atom. The van der Waals surface area contributed by atoms with Gasteiger partial charge in [0, 0.05) is 23.9 Å². The number of methoxy groups -OCH3 is 1. The molecular weight excluding hydrogens is 440 g/mol. The van der Waals surface area contributed by atoms with E-state index in [4.69, 9.17) is 18.3 Å². The number of benzene rings is 2. The van der Waals surface area contributed by atoms with E-state index in [2.05, 4.69) is 20.6 Å². The molecule has 10 nitrogen and oxygen atoms in total. The van der Waals surface area contributed by atoms with Crippen molar-refractivity contribution in [2.75, 3.05) is 19.0 Å². The lowest BCUT2D eigenvalue weighted by Crippen LogP contribution is -2.32. The Hall–Kier alpha value is -4.60. The van der Waals surface area contributed by atoms with Crippen LogP contribution in [-0.4, -0.2) is 35.6 Å². The minimum atomic E-state index is -0.920. The first kappa shape index (κ1) is 22.6. The Kier molecular flexibility index (Phi) is 6.87. The van der Waals surface area contributed by atoms with Gasteiger partial charge in [0.25, 0.3) is 6.01 Å². The number of carbonyl (C=O) groups is 2. The van der Waals surface area contributed by atoms with Crippen molar-refractivity contribution in [3.05, 3.63) is 66.8 Å². The number of oxazole rings is 2. The van der Waals surface area contributed by atoms with E-state index in [0.717, 1.165) is 16.7 Å². The van der Waals surface area contributed by atoms with Crippen LogP contribution in [0.4, 0.5) is 11.7 Å². The van der Waals surface area contributed by atoms with E-state index < -0.39 is 11.9 Å². The second-order valence-corrected chi connectivity index (χ2v) is 7.00. The lowest BCUT2D eigenvalue weighted by molar-refractivity contribution is -0.154. The van der Waals surface area contributed by atoms with Crippen molar-refractivity contribution < 1.29 is 27.9 Å². The molecule has 2 N–H and O–H groups in total. The van der Waals surface area contributed by atoms with Crippen LogP contribution in [0.15, 0.2) is 70.1 Å². The maximum absolute atomic E-state index is 11.9.